The van der Waals surface area contributed by atoms with Gasteiger partial charge >= 0.3 is 0 Å². The van der Waals surface area contributed by atoms with E-state index in [1.54, 1.807) is 20.9 Å². The smallest absolute Gasteiger partial charge is 0.190 e. The number of ether oxygens (including phenoxy) is 5. The molecule has 3 rings (SSSR count). The summed E-state index contributed by atoms with van der Waals surface area (Å²) in [6.07, 6.45) is -1.99. The first-order valence-electron chi connectivity index (χ1n) is 7.16. The van der Waals surface area contributed by atoms with E-state index in [2.05, 4.69) is 11.4 Å². The Kier molecular flexibility index (Phi) is 3.34. The van der Waals surface area contributed by atoms with E-state index in [0.29, 0.717) is 6.61 Å². The van der Waals surface area contributed by atoms with E-state index < -0.39 is 35.6 Å². The highest BCUT2D eigenvalue weighted by molar-refractivity contribution is 5.24. The van der Waals surface area contributed by atoms with Gasteiger partial charge in [-0.2, -0.15) is 5.26 Å². The van der Waals surface area contributed by atoms with Crippen LogP contribution < -0.4 is 5.32 Å². The Labute approximate surface area is 124 Å². The zero-order valence-electron chi connectivity index (χ0n) is 13.0. The van der Waals surface area contributed by atoms with Gasteiger partial charge in [-0.1, -0.05) is 0 Å². The lowest BCUT2D eigenvalue weighted by Gasteiger charge is -2.34. The minimum absolute atomic E-state index is 0.354. The van der Waals surface area contributed by atoms with Crippen molar-refractivity contribution in [2.45, 2.75) is 69.4 Å². The molecular weight excluding hydrogens is 276 g/mol. The third kappa shape index (κ3) is 2.27. The lowest BCUT2D eigenvalue weighted by Crippen LogP contribution is -2.61. The molecule has 3 fully saturated rings. The first-order chi connectivity index (χ1) is 9.73. The van der Waals surface area contributed by atoms with Crippen molar-refractivity contribution in [2.75, 3.05) is 13.7 Å². The third-order valence-corrected chi connectivity index (χ3v) is 4.20. The second-order valence-electron chi connectivity index (χ2n) is 6.58. The quantitative estimate of drug-likeness (QED) is 0.794. The number of likely N-dealkylation sites (N-methyl/N-ethyl adjacent to an activating group) is 1. The van der Waals surface area contributed by atoms with Crippen molar-refractivity contribution in [3.8, 4) is 6.07 Å². The van der Waals surface area contributed by atoms with Crippen molar-refractivity contribution < 1.29 is 23.7 Å². The van der Waals surface area contributed by atoms with Crippen molar-refractivity contribution in [2.24, 2.45) is 0 Å². The number of rotatable bonds is 2. The summed E-state index contributed by atoms with van der Waals surface area (Å²) in [4.78, 5) is 0. The van der Waals surface area contributed by atoms with E-state index in [1.165, 1.54) is 0 Å². The van der Waals surface area contributed by atoms with Crippen LogP contribution in [0.3, 0.4) is 0 Å². The van der Waals surface area contributed by atoms with Crippen LogP contribution in [0.15, 0.2) is 0 Å². The fraction of sp³-hybridized carbons (Fsp3) is 0.929. The van der Waals surface area contributed by atoms with Gasteiger partial charge in [0.1, 0.15) is 18.3 Å². The van der Waals surface area contributed by atoms with Crippen molar-refractivity contribution in [3.63, 3.8) is 0 Å². The molecule has 3 aliphatic rings. The average molecular weight is 298 g/mol. The van der Waals surface area contributed by atoms with Crippen LogP contribution in [0.4, 0.5) is 0 Å². The Morgan fingerprint density at radius 2 is 1.76 bits per heavy atom. The van der Waals surface area contributed by atoms with Gasteiger partial charge in [0.05, 0.1) is 12.7 Å². The van der Waals surface area contributed by atoms with Gasteiger partial charge in [0.25, 0.3) is 0 Å². The molecule has 0 aromatic heterocycles. The molecule has 0 spiro atoms. The van der Waals surface area contributed by atoms with E-state index in [0.717, 1.165) is 0 Å². The fourth-order valence-electron chi connectivity index (χ4n) is 3.26. The van der Waals surface area contributed by atoms with Crippen molar-refractivity contribution in [1.29, 1.82) is 5.26 Å². The molecule has 0 saturated carbocycles. The molecular formula is C14H22N2O5. The Balaban J connectivity index is 1.88. The summed E-state index contributed by atoms with van der Waals surface area (Å²) < 4.78 is 29.0. The molecule has 0 radical (unpaired) electrons. The summed E-state index contributed by atoms with van der Waals surface area (Å²) in [6, 6.07) is 2.31. The summed E-state index contributed by atoms with van der Waals surface area (Å²) in [6.45, 7) is 7.66. The topological polar surface area (TPSA) is 82.0 Å². The van der Waals surface area contributed by atoms with Gasteiger partial charge in [0.15, 0.2) is 23.4 Å². The van der Waals surface area contributed by atoms with Crippen LogP contribution in [0.25, 0.3) is 0 Å². The number of nitrogens with zero attached hydrogens (tertiary/aromatic N) is 1. The molecule has 1 N–H and O–H groups in total. The number of hydrogen-bond acceptors (Lipinski definition) is 7. The van der Waals surface area contributed by atoms with Gasteiger partial charge in [0, 0.05) is 0 Å². The van der Waals surface area contributed by atoms with E-state index in [9.17, 15) is 5.26 Å². The molecule has 7 nitrogen and oxygen atoms in total. The average Bonchev–Trinajstić information content (AvgIpc) is 2.98. The number of nitriles is 1. The summed E-state index contributed by atoms with van der Waals surface area (Å²) in [5.74, 6) is -1.45. The molecule has 7 heteroatoms. The zero-order chi connectivity index (χ0) is 15.5. The fourth-order valence-corrected chi connectivity index (χ4v) is 3.26. The Hall–Kier alpha value is -0.750. The van der Waals surface area contributed by atoms with Gasteiger partial charge in [-0.15, -0.1) is 0 Å². The molecule has 0 amide bonds. The second kappa shape index (κ2) is 4.62. The van der Waals surface area contributed by atoms with Gasteiger partial charge in [-0.25, -0.2) is 0 Å². The van der Waals surface area contributed by atoms with Crippen LogP contribution in [0.1, 0.15) is 27.7 Å². The lowest BCUT2D eigenvalue weighted by molar-refractivity contribution is -0.227. The Morgan fingerprint density at radius 1 is 1.05 bits per heavy atom. The van der Waals surface area contributed by atoms with Crippen LogP contribution >= 0.6 is 0 Å². The summed E-state index contributed by atoms with van der Waals surface area (Å²) in [5.41, 5.74) is -1.03. The molecule has 0 aliphatic carbocycles. The van der Waals surface area contributed by atoms with Crippen LogP contribution in [-0.2, 0) is 23.7 Å². The largest absolute Gasteiger partial charge is 0.348 e. The Morgan fingerprint density at radius 3 is 2.29 bits per heavy atom. The standard InChI is InChI=1S/C14H22N2O5/c1-12(2)17-6-8(19-12)9-14(7-15,16-5)10-11(18-9)21-13(3,4)20-10/h8-11,16H,6H2,1-5H3/t8?,9-,10+,11-,14-/m1/s1. The van der Waals surface area contributed by atoms with Gasteiger partial charge < -0.3 is 23.7 Å². The molecule has 5 atom stereocenters. The molecule has 1 unspecified atom stereocenters. The number of hydrogen-bond donors (Lipinski definition) is 1. The van der Waals surface area contributed by atoms with Crippen LogP contribution in [0.5, 0.6) is 0 Å². The van der Waals surface area contributed by atoms with Crippen LogP contribution in [0, 0.1) is 11.3 Å². The molecule has 3 heterocycles. The first kappa shape index (κ1) is 15.2. The second-order valence-corrected chi connectivity index (χ2v) is 6.58. The predicted octanol–water partition coefficient (Wildman–Crippen LogP) is 0.496. The summed E-state index contributed by atoms with van der Waals surface area (Å²) >= 11 is 0. The molecule has 0 bridgehead atoms. The van der Waals surface area contributed by atoms with Crippen molar-refractivity contribution >= 4 is 0 Å². The summed E-state index contributed by atoms with van der Waals surface area (Å²) in [5, 5.41) is 12.8. The van der Waals surface area contributed by atoms with Gasteiger partial charge in [-0.05, 0) is 34.7 Å². The maximum atomic E-state index is 9.77. The number of nitrogens with one attached hydrogen (secondary N) is 1. The van der Waals surface area contributed by atoms with E-state index in [1.807, 2.05) is 13.8 Å². The van der Waals surface area contributed by atoms with Gasteiger partial charge in [0.2, 0.25) is 0 Å². The van der Waals surface area contributed by atoms with Crippen molar-refractivity contribution in [1.82, 2.24) is 5.32 Å². The zero-order valence-corrected chi connectivity index (χ0v) is 13.0. The molecule has 3 aliphatic heterocycles. The van der Waals surface area contributed by atoms with E-state index in [-0.39, 0.29) is 6.10 Å². The van der Waals surface area contributed by atoms with Crippen LogP contribution in [-0.4, -0.2) is 55.4 Å². The van der Waals surface area contributed by atoms with E-state index >= 15 is 0 Å². The van der Waals surface area contributed by atoms with Crippen LogP contribution in [0.2, 0.25) is 0 Å². The highest BCUT2D eigenvalue weighted by atomic mass is 16.8. The first-order valence-corrected chi connectivity index (χ1v) is 7.16. The summed E-state index contributed by atoms with van der Waals surface area (Å²) in [7, 11) is 1.72. The molecule has 0 aromatic rings. The minimum Gasteiger partial charge on any atom is -0.348 e. The predicted molar refractivity (Wildman–Crippen MR) is 71.0 cm³/mol. The molecule has 118 valence electrons. The third-order valence-electron chi connectivity index (χ3n) is 4.20. The molecule has 0 aromatic carbocycles. The van der Waals surface area contributed by atoms with Crippen molar-refractivity contribution in [3.05, 3.63) is 0 Å². The maximum absolute atomic E-state index is 9.77. The number of fused-ring (bicyclic) bond motifs is 1. The monoisotopic (exact) mass is 298 g/mol. The van der Waals surface area contributed by atoms with Gasteiger partial charge in [-0.3, -0.25) is 5.32 Å². The Bertz CT molecular complexity index is 474. The SMILES string of the molecule is CN[C@]1(C#N)[C@@H](C2COC(C)(C)O2)O[C@@H]2OC(C)(C)O[C@@H]21. The minimum atomic E-state index is -1.03. The molecule has 3 saturated heterocycles. The lowest BCUT2D eigenvalue weighted by atomic mass is 9.87. The highest BCUT2D eigenvalue weighted by Crippen LogP contribution is 2.45. The maximum Gasteiger partial charge on any atom is 0.190 e. The van der Waals surface area contributed by atoms with E-state index in [4.69, 9.17) is 23.7 Å². The highest BCUT2D eigenvalue weighted by Gasteiger charge is 2.66. The normalized spacial score (nSPS) is 47.2. The molecule has 21 heavy (non-hydrogen) atoms.